The molecule has 4 aromatic rings. The molecule has 5 heterocycles. The Bertz CT molecular complexity index is 1530. The van der Waals surface area contributed by atoms with Crippen molar-refractivity contribution >= 4 is 16.7 Å². The molecule has 7 rings (SSSR count). The van der Waals surface area contributed by atoms with Crippen molar-refractivity contribution in [2.24, 2.45) is 12.5 Å². The summed E-state index contributed by atoms with van der Waals surface area (Å²) in [6.45, 7) is 6.69. The van der Waals surface area contributed by atoms with E-state index < -0.39 is 0 Å². The Morgan fingerprint density at radius 3 is 2.89 bits per heavy atom. The number of ether oxygens (including phenoxy) is 1. The normalized spacial score (nSPS) is 18.4. The quantitative estimate of drug-likeness (QED) is 0.428. The van der Waals surface area contributed by atoms with Gasteiger partial charge in [-0.25, -0.2) is 0 Å². The number of fused-ring (bicyclic) bond motifs is 2. The van der Waals surface area contributed by atoms with Crippen LogP contribution in [0.5, 0.6) is 0 Å². The molecule has 0 atom stereocenters. The van der Waals surface area contributed by atoms with Crippen molar-refractivity contribution in [3.8, 4) is 22.5 Å². The molecule has 1 aliphatic carbocycles. The van der Waals surface area contributed by atoms with E-state index in [1.54, 1.807) is 6.92 Å². The molecule has 1 N–H and O–H groups in total. The fourth-order valence-corrected chi connectivity index (χ4v) is 6.34. The van der Waals surface area contributed by atoms with E-state index >= 15 is 0 Å². The Morgan fingerprint density at radius 2 is 2.11 bits per heavy atom. The van der Waals surface area contributed by atoms with Crippen molar-refractivity contribution in [1.82, 2.24) is 34.8 Å². The van der Waals surface area contributed by atoms with Crippen LogP contribution >= 0.6 is 0 Å². The van der Waals surface area contributed by atoms with E-state index in [-0.39, 0.29) is 5.91 Å². The molecule has 9 nitrogen and oxygen atoms in total. The minimum atomic E-state index is 0.101. The van der Waals surface area contributed by atoms with Crippen LogP contribution in [0.2, 0.25) is 0 Å². The van der Waals surface area contributed by atoms with Crippen LogP contribution < -0.4 is 5.32 Å². The van der Waals surface area contributed by atoms with Gasteiger partial charge in [-0.2, -0.15) is 10.2 Å². The predicted octanol–water partition coefficient (Wildman–Crippen LogP) is 3.17. The van der Waals surface area contributed by atoms with Crippen molar-refractivity contribution < 1.29 is 9.53 Å². The molecule has 1 saturated heterocycles. The highest BCUT2D eigenvalue weighted by Crippen LogP contribution is 2.45. The Kier molecular flexibility index (Phi) is 5.59. The lowest BCUT2D eigenvalue weighted by atomic mass is 9.63. The molecule has 2 aliphatic heterocycles. The van der Waals surface area contributed by atoms with Crippen LogP contribution in [0.4, 0.5) is 0 Å². The lowest BCUT2D eigenvalue weighted by molar-refractivity contribution is -0.129. The molecule has 0 bridgehead atoms. The summed E-state index contributed by atoms with van der Waals surface area (Å²) < 4.78 is 9.98. The first-order valence-corrected chi connectivity index (χ1v) is 13.5. The van der Waals surface area contributed by atoms with Gasteiger partial charge in [0.15, 0.2) is 0 Å². The Balaban J connectivity index is 1.09. The Hall–Kier alpha value is -3.56. The summed E-state index contributed by atoms with van der Waals surface area (Å²) in [5.74, 6) is 0.101. The second-order valence-electron chi connectivity index (χ2n) is 11.2. The smallest absolute Gasteiger partial charge is 0.219 e. The maximum Gasteiger partial charge on any atom is 0.219 e. The Morgan fingerprint density at radius 1 is 1.24 bits per heavy atom. The maximum atomic E-state index is 12.1. The van der Waals surface area contributed by atoms with Gasteiger partial charge in [0, 0.05) is 92.2 Å². The SMILES string of the molecule is CC(=O)N1CCc2c(c(-c3cccc4cc(-c5cnn(CCOC6CC7(CNC7)C6)c5)ncc34)nn2C)C1. The summed E-state index contributed by atoms with van der Waals surface area (Å²) in [7, 11) is 1.99. The van der Waals surface area contributed by atoms with E-state index in [0.29, 0.717) is 24.7 Å². The molecule has 196 valence electrons. The van der Waals surface area contributed by atoms with Gasteiger partial charge in [-0.3, -0.25) is 19.1 Å². The number of aryl methyl sites for hydroxylation is 1. The first kappa shape index (κ1) is 23.5. The highest BCUT2D eigenvalue weighted by molar-refractivity contribution is 5.97. The summed E-state index contributed by atoms with van der Waals surface area (Å²) in [5.41, 5.74) is 6.75. The van der Waals surface area contributed by atoms with Crippen LogP contribution in [0.1, 0.15) is 31.0 Å². The van der Waals surface area contributed by atoms with Gasteiger partial charge in [0.1, 0.15) is 0 Å². The minimum Gasteiger partial charge on any atom is -0.376 e. The van der Waals surface area contributed by atoms with Gasteiger partial charge in [-0.15, -0.1) is 0 Å². The first-order chi connectivity index (χ1) is 18.5. The molecule has 2 fully saturated rings. The van der Waals surface area contributed by atoms with Crippen LogP contribution in [0, 0.1) is 5.41 Å². The monoisotopic (exact) mass is 511 g/mol. The molecule has 0 radical (unpaired) electrons. The molecular formula is C29H33N7O2. The highest BCUT2D eigenvalue weighted by Gasteiger charge is 2.48. The number of aromatic nitrogens is 5. The summed E-state index contributed by atoms with van der Waals surface area (Å²) in [5, 5.41) is 15.0. The van der Waals surface area contributed by atoms with E-state index in [0.717, 1.165) is 71.5 Å². The van der Waals surface area contributed by atoms with Crippen molar-refractivity contribution in [2.75, 3.05) is 26.2 Å². The number of amides is 1. The maximum absolute atomic E-state index is 12.1. The average molecular weight is 512 g/mol. The summed E-state index contributed by atoms with van der Waals surface area (Å²) >= 11 is 0. The summed E-state index contributed by atoms with van der Waals surface area (Å²) in [4.78, 5) is 18.8. The van der Waals surface area contributed by atoms with Gasteiger partial charge in [0.2, 0.25) is 5.91 Å². The number of carbonyl (C=O) groups is 1. The third-order valence-electron chi connectivity index (χ3n) is 8.63. The zero-order valence-electron chi connectivity index (χ0n) is 22.0. The van der Waals surface area contributed by atoms with Crippen molar-refractivity contribution in [1.29, 1.82) is 0 Å². The second kappa shape index (κ2) is 9.03. The van der Waals surface area contributed by atoms with Gasteiger partial charge in [0.25, 0.3) is 0 Å². The van der Waals surface area contributed by atoms with Crippen molar-refractivity contribution in [3.63, 3.8) is 0 Å². The average Bonchev–Trinajstić information content (AvgIpc) is 3.48. The van der Waals surface area contributed by atoms with E-state index in [4.69, 9.17) is 14.8 Å². The van der Waals surface area contributed by atoms with Crippen LogP contribution in [-0.4, -0.2) is 67.7 Å². The standard InChI is InChI=1S/C29H33N7O2/c1-19(37)35-7-6-27-25(16-35)28(33-34(27)2)23-5-3-4-20-10-26(31-14-24(20)23)21-13-32-36(15-21)8-9-38-22-11-29(12-22)17-30-18-29/h3-5,10,13-15,22,30H,6-9,11-12,16-18H2,1-2H3. The van der Waals surface area contributed by atoms with Crippen LogP contribution in [-0.2, 0) is 36.1 Å². The van der Waals surface area contributed by atoms with Gasteiger partial charge < -0.3 is 15.0 Å². The number of benzene rings is 1. The van der Waals surface area contributed by atoms with E-state index in [2.05, 4.69) is 34.7 Å². The van der Waals surface area contributed by atoms with E-state index in [9.17, 15) is 4.79 Å². The molecule has 3 aliphatic rings. The molecule has 1 amide bonds. The number of carbonyl (C=O) groups excluding carboxylic acids is 1. The molecule has 1 saturated carbocycles. The molecule has 0 unspecified atom stereocenters. The zero-order chi connectivity index (χ0) is 25.9. The zero-order valence-corrected chi connectivity index (χ0v) is 22.0. The first-order valence-electron chi connectivity index (χ1n) is 13.5. The number of pyridine rings is 1. The molecular weight excluding hydrogens is 478 g/mol. The fraction of sp³-hybridized carbons (Fsp3) is 0.448. The topological polar surface area (TPSA) is 90.1 Å². The highest BCUT2D eigenvalue weighted by atomic mass is 16.5. The van der Waals surface area contributed by atoms with Gasteiger partial charge in [0.05, 0.1) is 36.8 Å². The van der Waals surface area contributed by atoms with E-state index in [1.165, 1.54) is 18.5 Å². The number of nitrogens with one attached hydrogen (secondary N) is 1. The fourth-order valence-electron chi connectivity index (χ4n) is 6.34. The van der Waals surface area contributed by atoms with E-state index in [1.807, 2.05) is 39.9 Å². The van der Waals surface area contributed by atoms with Crippen molar-refractivity contribution in [3.05, 3.63) is 54.1 Å². The third kappa shape index (κ3) is 4.01. The largest absolute Gasteiger partial charge is 0.376 e. The predicted molar refractivity (Wildman–Crippen MR) is 144 cm³/mol. The molecule has 1 aromatic carbocycles. The third-order valence-corrected chi connectivity index (χ3v) is 8.63. The Labute approximate surface area is 221 Å². The summed E-state index contributed by atoms with van der Waals surface area (Å²) in [6.07, 6.45) is 9.45. The molecule has 3 aromatic heterocycles. The lowest BCUT2D eigenvalue weighted by Gasteiger charge is -2.54. The lowest BCUT2D eigenvalue weighted by Crippen LogP contribution is -2.62. The number of rotatable bonds is 6. The summed E-state index contributed by atoms with van der Waals surface area (Å²) in [6, 6.07) is 8.40. The molecule has 9 heteroatoms. The van der Waals surface area contributed by atoms with Gasteiger partial charge in [-0.05, 0) is 24.3 Å². The number of hydrogen-bond donors (Lipinski definition) is 1. The minimum absolute atomic E-state index is 0.101. The number of nitrogens with zero attached hydrogens (tertiary/aromatic N) is 6. The van der Waals surface area contributed by atoms with Gasteiger partial charge in [-0.1, -0.05) is 18.2 Å². The van der Waals surface area contributed by atoms with Gasteiger partial charge >= 0.3 is 0 Å². The molecule has 38 heavy (non-hydrogen) atoms. The molecule has 1 spiro atoms. The van der Waals surface area contributed by atoms with Crippen LogP contribution in [0.15, 0.2) is 42.9 Å². The number of hydrogen-bond acceptors (Lipinski definition) is 6. The second-order valence-corrected chi connectivity index (χ2v) is 11.2. The van der Waals surface area contributed by atoms with Crippen molar-refractivity contribution in [2.45, 2.75) is 45.4 Å². The van der Waals surface area contributed by atoms with Crippen LogP contribution in [0.25, 0.3) is 33.3 Å². The van der Waals surface area contributed by atoms with Crippen LogP contribution in [0.3, 0.4) is 0 Å².